The largest absolute Gasteiger partial charge is 0.457 e. The number of rotatable bonds is 14. The molecule has 0 amide bonds. The van der Waals surface area contributed by atoms with Crippen molar-refractivity contribution in [3.63, 3.8) is 0 Å². The van der Waals surface area contributed by atoms with Gasteiger partial charge in [-0.2, -0.15) is 0 Å². The highest BCUT2D eigenvalue weighted by Gasteiger charge is 2.28. The first kappa shape index (κ1) is 51.8. The standard InChI is InChI=1S/C73H64F2N4O/c1-44(2)60-38-55(49-22-13-10-14-23-49)39-61(45(3)4)69(60)78-67-29-18-17-28-65(67)76-72(78)54-25-19-26-57(37-54)80-58-36-52-24-15-16-27-59(52)64(43-58)73-77-66-35-34-53(71(74)75)42-68(66)79(73)70-62(46(5)6)40-56(41-63(70)47(7)8)51-32-30-50(31-33-51)48-20-11-9-12-21-48/h9-47,71H,1-8H3. The Labute approximate surface area is 467 Å². The lowest BCUT2D eigenvalue weighted by atomic mass is 9.87. The molecule has 0 saturated carbocycles. The van der Waals surface area contributed by atoms with Crippen LogP contribution >= 0.6 is 0 Å². The number of para-hydroxylation sites is 2. The maximum atomic E-state index is 14.8. The molecule has 12 rings (SSSR count). The maximum Gasteiger partial charge on any atom is 0.263 e. The highest BCUT2D eigenvalue weighted by molar-refractivity contribution is 5.99. The zero-order chi connectivity index (χ0) is 55.3. The van der Waals surface area contributed by atoms with E-state index in [2.05, 4.69) is 222 Å². The van der Waals surface area contributed by atoms with Crippen LogP contribution in [0.5, 0.6) is 11.5 Å². The molecule has 0 aliphatic heterocycles. The van der Waals surface area contributed by atoms with Gasteiger partial charge in [-0.1, -0.05) is 195 Å². The Kier molecular flexibility index (Phi) is 13.8. The normalized spacial score (nSPS) is 11.9. The van der Waals surface area contributed by atoms with Crippen LogP contribution in [0.3, 0.4) is 0 Å². The van der Waals surface area contributed by atoms with Crippen LogP contribution in [0.1, 0.15) is 113 Å². The summed E-state index contributed by atoms with van der Waals surface area (Å²) in [6.45, 7) is 17.9. The molecular formula is C73H64F2N4O. The lowest BCUT2D eigenvalue weighted by molar-refractivity contribution is 0.151. The number of hydrogen-bond donors (Lipinski definition) is 0. The van der Waals surface area contributed by atoms with Crippen molar-refractivity contribution in [2.24, 2.45) is 0 Å². The number of halogens is 2. The minimum absolute atomic E-state index is 0.0575. The molecule has 0 atom stereocenters. The van der Waals surface area contributed by atoms with Gasteiger partial charge >= 0.3 is 0 Å². The zero-order valence-corrected chi connectivity index (χ0v) is 46.5. The molecule has 0 spiro atoms. The predicted octanol–water partition coefficient (Wildman–Crippen LogP) is 21.1. The topological polar surface area (TPSA) is 44.9 Å². The van der Waals surface area contributed by atoms with Crippen molar-refractivity contribution >= 4 is 32.8 Å². The van der Waals surface area contributed by atoms with E-state index in [-0.39, 0.29) is 29.2 Å². The first-order chi connectivity index (χ1) is 38.8. The summed E-state index contributed by atoms with van der Waals surface area (Å²) < 4.78 is 41.2. The maximum absolute atomic E-state index is 14.8. The van der Waals surface area contributed by atoms with E-state index in [4.69, 9.17) is 14.7 Å². The van der Waals surface area contributed by atoms with Gasteiger partial charge < -0.3 is 4.74 Å². The molecule has 0 aliphatic carbocycles. The lowest BCUT2D eigenvalue weighted by Crippen LogP contribution is -2.10. The van der Waals surface area contributed by atoms with Crippen molar-refractivity contribution in [1.82, 2.24) is 19.1 Å². The molecule has 80 heavy (non-hydrogen) atoms. The quantitative estimate of drug-likeness (QED) is 0.109. The van der Waals surface area contributed by atoms with Crippen LogP contribution in [-0.2, 0) is 0 Å². The number of imidazole rings is 2. The van der Waals surface area contributed by atoms with E-state index in [0.717, 1.165) is 83.5 Å². The van der Waals surface area contributed by atoms with E-state index in [1.807, 2.05) is 36.4 Å². The van der Waals surface area contributed by atoms with Crippen LogP contribution < -0.4 is 4.74 Å². The number of benzene rings is 10. The summed E-state index contributed by atoms with van der Waals surface area (Å²) in [5.74, 6) is 3.26. The minimum Gasteiger partial charge on any atom is -0.457 e. The van der Waals surface area contributed by atoms with Crippen LogP contribution in [0, 0.1) is 0 Å². The minimum atomic E-state index is -2.67. The van der Waals surface area contributed by atoms with Gasteiger partial charge in [-0.3, -0.25) is 9.13 Å². The lowest BCUT2D eigenvalue weighted by Gasteiger charge is -2.25. The summed E-state index contributed by atoms with van der Waals surface area (Å²) >= 11 is 0. The number of aromatic nitrogens is 4. The van der Waals surface area contributed by atoms with Crippen molar-refractivity contribution in [3.8, 4) is 79.0 Å². The average Bonchev–Trinajstić information content (AvgIpc) is 4.26. The van der Waals surface area contributed by atoms with Crippen LogP contribution in [0.25, 0.3) is 100 Å². The van der Waals surface area contributed by atoms with Crippen LogP contribution in [-0.4, -0.2) is 19.1 Å². The molecule has 7 heteroatoms. The second kappa shape index (κ2) is 21.4. The SMILES string of the molecule is CC(C)c1cc(-c2ccccc2)cc(C(C)C)c1-n1c(-c2cccc(Oc3cc(-c4nc5ccc(C(F)F)cc5n4-c4c(C(C)C)cc(-c5ccc(-c6ccccc6)cc5)cc4C(C)C)c4ccccc4c3)c2)nc2ccccc21. The second-order valence-electron chi connectivity index (χ2n) is 22.3. The Morgan fingerprint density at radius 3 is 1.43 bits per heavy atom. The number of fused-ring (bicyclic) bond motifs is 3. The molecule has 12 aromatic rings. The van der Waals surface area contributed by atoms with Crippen molar-refractivity contribution in [2.45, 2.75) is 85.5 Å². The Bertz CT molecular complexity index is 4190. The smallest absolute Gasteiger partial charge is 0.263 e. The third kappa shape index (κ3) is 9.65. The summed E-state index contributed by atoms with van der Waals surface area (Å²) in [4.78, 5) is 10.8. The summed E-state index contributed by atoms with van der Waals surface area (Å²) in [5.41, 5.74) is 18.5. The highest BCUT2D eigenvalue weighted by Crippen LogP contribution is 2.45. The Hall–Kier alpha value is -8.94. The van der Waals surface area contributed by atoms with Gasteiger partial charge in [-0.15, -0.1) is 0 Å². The van der Waals surface area contributed by atoms with Crippen LogP contribution in [0.2, 0.25) is 0 Å². The van der Waals surface area contributed by atoms with E-state index in [9.17, 15) is 8.78 Å². The van der Waals surface area contributed by atoms with E-state index in [1.165, 1.54) is 28.3 Å². The molecule has 0 fully saturated rings. The predicted molar refractivity (Wildman–Crippen MR) is 328 cm³/mol. The Morgan fingerprint density at radius 2 is 0.838 bits per heavy atom. The average molecular weight is 1050 g/mol. The molecule has 10 aromatic carbocycles. The molecule has 2 aromatic heterocycles. The molecular weight excluding hydrogens is 987 g/mol. The number of ether oxygens (including phenoxy) is 1. The zero-order valence-electron chi connectivity index (χ0n) is 46.5. The molecule has 396 valence electrons. The molecule has 2 heterocycles. The summed E-state index contributed by atoms with van der Waals surface area (Å²) in [7, 11) is 0. The van der Waals surface area contributed by atoms with Crippen LogP contribution in [0.15, 0.2) is 212 Å². The fraction of sp³-hybridized carbons (Fsp3) is 0.178. The fourth-order valence-electron chi connectivity index (χ4n) is 11.5. The molecule has 0 unspecified atom stereocenters. The van der Waals surface area contributed by atoms with E-state index in [0.29, 0.717) is 28.4 Å². The Morgan fingerprint density at radius 1 is 0.362 bits per heavy atom. The van der Waals surface area contributed by atoms with E-state index in [1.54, 1.807) is 12.1 Å². The third-order valence-corrected chi connectivity index (χ3v) is 15.6. The number of nitrogens with zero attached hydrogens (tertiary/aromatic N) is 4. The third-order valence-electron chi connectivity index (χ3n) is 15.6. The molecule has 0 aliphatic rings. The van der Waals surface area contributed by atoms with Crippen molar-refractivity contribution < 1.29 is 13.5 Å². The van der Waals surface area contributed by atoms with Crippen molar-refractivity contribution in [3.05, 3.63) is 240 Å². The number of alkyl halides is 2. The van der Waals surface area contributed by atoms with Gasteiger partial charge in [0.25, 0.3) is 6.43 Å². The number of hydrogen-bond acceptors (Lipinski definition) is 3. The van der Waals surface area contributed by atoms with Crippen molar-refractivity contribution in [1.29, 1.82) is 0 Å². The summed E-state index contributed by atoms with van der Waals surface area (Å²) in [6.07, 6.45) is -2.67. The first-order valence-corrected chi connectivity index (χ1v) is 28.0. The Balaban J connectivity index is 1.01. The second-order valence-corrected chi connectivity index (χ2v) is 22.3. The van der Waals surface area contributed by atoms with E-state index >= 15 is 0 Å². The van der Waals surface area contributed by atoms with Gasteiger partial charge in [0.2, 0.25) is 0 Å². The van der Waals surface area contributed by atoms with Gasteiger partial charge in [0.1, 0.15) is 23.1 Å². The molecule has 0 saturated heterocycles. The van der Waals surface area contributed by atoms with Gasteiger partial charge in [0, 0.05) is 16.7 Å². The summed E-state index contributed by atoms with van der Waals surface area (Å²) in [6, 6.07) is 72.9. The first-order valence-electron chi connectivity index (χ1n) is 28.0. The fourth-order valence-corrected chi connectivity index (χ4v) is 11.5. The molecule has 0 N–H and O–H groups in total. The van der Waals surface area contributed by atoms with Gasteiger partial charge in [0.05, 0.1) is 33.4 Å². The van der Waals surface area contributed by atoms with Crippen LogP contribution in [0.4, 0.5) is 8.78 Å². The molecule has 5 nitrogen and oxygen atoms in total. The molecule has 0 radical (unpaired) electrons. The molecule has 0 bridgehead atoms. The highest BCUT2D eigenvalue weighted by atomic mass is 19.3. The van der Waals surface area contributed by atoms with Crippen molar-refractivity contribution in [2.75, 3.05) is 0 Å². The van der Waals surface area contributed by atoms with Gasteiger partial charge in [-0.05, 0) is 163 Å². The monoisotopic (exact) mass is 1050 g/mol. The van der Waals surface area contributed by atoms with Gasteiger partial charge in [0.15, 0.2) is 0 Å². The van der Waals surface area contributed by atoms with Gasteiger partial charge in [-0.25, -0.2) is 18.7 Å². The summed E-state index contributed by atoms with van der Waals surface area (Å²) in [5, 5.41) is 1.91. The van der Waals surface area contributed by atoms with E-state index < -0.39 is 6.43 Å².